The number of nitrogens with one attached hydrogen (secondary N) is 2. The molecule has 0 aromatic heterocycles. The summed E-state index contributed by atoms with van der Waals surface area (Å²) in [6.45, 7) is 13.3. The molecule has 0 heterocycles. The number of para-hydroxylation sites is 2. The molecule has 8 nitrogen and oxygen atoms in total. The van der Waals surface area contributed by atoms with Crippen LogP contribution in [0.15, 0.2) is 42.5 Å². The van der Waals surface area contributed by atoms with Crippen LogP contribution in [0.1, 0.15) is 97.2 Å². The van der Waals surface area contributed by atoms with E-state index in [1.165, 1.54) is 11.0 Å². The van der Waals surface area contributed by atoms with Gasteiger partial charge >= 0.3 is 6.09 Å². The molecule has 0 bridgehead atoms. The van der Waals surface area contributed by atoms with Crippen molar-refractivity contribution in [2.75, 3.05) is 11.9 Å². The minimum atomic E-state index is -1.19. The van der Waals surface area contributed by atoms with Crippen LogP contribution in [0.2, 0.25) is 5.02 Å². The highest BCUT2D eigenvalue weighted by molar-refractivity contribution is 6.34. The fourth-order valence-corrected chi connectivity index (χ4v) is 4.97. The van der Waals surface area contributed by atoms with Gasteiger partial charge in [-0.25, -0.2) is 4.79 Å². The molecule has 0 aliphatic heterocycles. The number of rotatable bonds is 14. The summed E-state index contributed by atoms with van der Waals surface area (Å²) in [4.78, 5) is 42.9. The van der Waals surface area contributed by atoms with Gasteiger partial charge in [0.2, 0.25) is 5.91 Å². The Labute approximate surface area is 256 Å². The van der Waals surface area contributed by atoms with Crippen molar-refractivity contribution in [3.8, 4) is 5.75 Å². The number of amides is 3. The highest BCUT2D eigenvalue weighted by Gasteiger charge is 2.39. The lowest BCUT2D eigenvalue weighted by Crippen LogP contribution is -2.55. The number of phenols is 1. The SMILES string of the molecule is CCCCCCCN(C(=O)C(NC(=O)OC(C)(C)C)C(C)CC)C(C(=O)Nc1c(C)cccc1Cl)c1ccccc1O. The second-order valence-electron chi connectivity index (χ2n) is 11.8. The van der Waals surface area contributed by atoms with Gasteiger partial charge in [-0.05, 0) is 57.7 Å². The number of alkyl carbamates (subject to hydrolysis) is 1. The molecule has 0 aliphatic carbocycles. The van der Waals surface area contributed by atoms with Crippen molar-refractivity contribution in [1.82, 2.24) is 10.2 Å². The number of ether oxygens (including phenoxy) is 1. The number of benzene rings is 2. The van der Waals surface area contributed by atoms with E-state index in [0.29, 0.717) is 23.6 Å². The van der Waals surface area contributed by atoms with Gasteiger partial charge in [-0.15, -0.1) is 0 Å². The molecule has 42 heavy (non-hydrogen) atoms. The summed E-state index contributed by atoms with van der Waals surface area (Å²) in [5.74, 6) is -1.32. The molecule has 0 saturated heterocycles. The van der Waals surface area contributed by atoms with E-state index in [-0.39, 0.29) is 23.8 Å². The van der Waals surface area contributed by atoms with Crippen molar-refractivity contribution >= 4 is 35.2 Å². The summed E-state index contributed by atoms with van der Waals surface area (Å²) >= 11 is 6.44. The zero-order valence-corrected chi connectivity index (χ0v) is 26.9. The van der Waals surface area contributed by atoms with Gasteiger partial charge < -0.3 is 25.4 Å². The van der Waals surface area contributed by atoms with Crippen LogP contribution < -0.4 is 10.6 Å². The molecule has 0 spiro atoms. The molecule has 0 saturated carbocycles. The van der Waals surface area contributed by atoms with Gasteiger partial charge in [0.25, 0.3) is 5.91 Å². The maximum absolute atomic E-state index is 14.4. The minimum absolute atomic E-state index is 0.113. The van der Waals surface area contributed by atoms with Crippen LogP contribution in [-0.2, 0) is 14.3 Å². The summed E-state index contributed by atoms with van der Waals surface area (Å²) in [5.41, 5.74) is 0.720. The second-order valence-corrected chi connectivity index (χ2v) is 12.2. The molecule has 3 unspecified atom stereocenters. The van der Waals surface area contributed by atoms with Crippen molar-refractivity contribution in [3.63, 3.8) is 0 Å². The van der Waals surface area contributed by atoms with Gasteiger partial charge in [0.05, 0.1) is 10.7 Å². The zero-order chi connectivity index (χ0) is 31.4. The van der Waals surface area contributed by atoms with Crippen molar-refractivity contribution in [3.05, 3.63) is 58.6 Å². The molecular formula is C33H48ClN3O5. The number of anilines is 1. The monoisotopic (exact) mass is 601 g/mol. The van der Waals surface area contributed by atoms with Crippen LogP contribution in [0.25, 0.3) is 0 Å². The smallest absolute Gasteiger partial charge is 0.408 e. The number of aromatic hydroxyl groups is 1. The number of phenolic OH excluding ortho intramolecular Hbond substituents is 1. The fraction of sp³-hybridized carbons (Fsp3) is 0.545. The second kappa shape index (κ2) is 16.4. The maximum atomic E-state index is 14.4. The first-order valence-electron chi connectivity index (χ1n) is 14.9. The number of hydrogen-bond donors (Lipinski definition) is 3. The Morgan fingerprint density at radius 3 is 2.26 bits per heavy atom. The minimum Gasteiger partial charge on any atom is -0.508 e. The normalized spacial score (nSPS) is 13.5. The number of unbranched alkanes of at least 4 members (excludes halogenated alkanes) is 4. The predicted molar refractivity (Wildman–Crippen MR) is 169 cm³/mol. The first-order valence-corrected chi connectivity index (χ1v) is 15.3. The van der Waals surface area contributed by atoms with E-state index >= 15 is 0 Å². The topological polar surface area (TPSA) is 108 Å². The lowest BCUT2D eigenvalue weighted by atomic mass is 9.95. The number of aryl methyl sites for hydroxylation is 1. The molecule has 0 fully saturated rings. The van der Waals surface area contributed by atoms with Crippen LogP contribution in [-0.4, -0.2) is 46.1 Å². The van der Waals surface area contributed by atoms with Gasteiger partial charge in [-0.3, -0.25) is 9.59 Å². The third-order valence-corrected chi connectivity index (χ3v) is 7.51. The number of nitrogens with zero attached hydrogens (tertiary/aromatic N) is 1. The average molecular weight is 602 g/mol. The van der Waals surface area contributed by atoms with Gasteiger partial charge in [-0.1, -0.05) is 94.8 Å². The molecule has 0 radical (unpaired) electrons. The highest BCUT2D eigenvalue weighted by Crippen LogP contribution is 2.33. The van der Waals surface area contributed by atoms with Crippen molar-refractivity contribution in [2.45, 2.75) is 105 Å². The fourth-order valence-electron chi connectivity index (χ4n) is 4.70. The molecule has 2 aromatic rings. The van der Waals surface area contributed by atoms with Crippen molar-refractivity contribution in [1.29, 1.82) is 0 Å². The largest absolute Gasteiger partial charge is 0.508 e. The lowest BCUT2D eigenvalue weighted by molar-refractivity contribution is -0.142. The highest BCUT2D eigenvalue weighted by atomic mass is 35.5. The van der Waals surface area contributed by atoms with Crippen LogP contribution in [0.4, 0.5) is 10.5 Å². The molecule has 3 atom stereocenters. The summed E-state index contributed by atoms with van der Waals surface area (Å²) in [7, 11) is 0. The van der Waals surface area contributed by atoms with Gasteiger partial charge in [-0.2, -0.15) is 0 Å². The molecular weight excluding hydrogens is 554 g/mol. The standard InChI is InChI=1S/C33H48ClN3O5/c1-8-10-11-12-15-21-37(31(40)28(22(3)9-2)36-32(41)42-33(5,6)7)29(24-18-13-14-20-26(24)38)30(39)35-27-23(4)17-16-19-25(27)34/h13-14,16-20,22,28-29,38H,8-12,15,21H2,1-7H3,(H,35,39)(H,36,41). The van der Waals surface area contributed by atoms with Crippen LogP contribution in [0.3, 0.4) is 0 Å². The Balaban J connectivity index is 2.60. The van der Waals surface area contributed by atoms with E-state index in [1.54, 1.807) is 51.1 Å². The molecule has 2 rings (SSSR count). The Kier molecular flexibility index (Phi) is 13.6. The molecule has 9 heteroatoms. The van der Waals surface area contributed by atoms with E-state index in [4.69, 9.17) is 16.3 Å². The number of hydrogen-bond acceptors (Lipinski definition) is 5. The third-order valence-electron chi connectivity index (χ3n) is 7.20. The number of halogens is 1. The van der Waals surface area contributed by atoms with E-state index in [0.717, 1.165) is 31.2 Å². The van der Waals surface area contributed by atoms with E-state index in [9.17, 15) is 19.5 Å². The van der Waals surface area contributed by atoms with E-state index < -0.39 is 35.6 Å². The van der Waals surface area contributed by atoms with Crippen molar-refractivity contribution in [2.24, 2.45) is 5.92 Å². The van der Waals surface area contributed by atoms with Crippen molar-refractivity contribution < 1.29 is 24.2 Å². The Bertz CT molecular complexity index is 1180. The third kappa shape index (κ3) is 10.2. The first kappa shape index (κ1) is 34.9. The quantitative estimate of drug-likeness (QED) is 0.192. The van der Waals surface area contributed by atoms with Gasteiger partial charge in [0.1, 0.15) is 23.4 Å². The Morgan fingerprint density at radius 2 is 1.67 bits per heavy atom. The van der Waals surface area contributed by atoms with Crippen LogP contribution in [0, 0.1) is 12.8 Å². The summed E-state index contributed by atoms with van der Waals surface area (Å²) in [6.07, 6.45) is 4.53. The molecule has 232 valence electrons. The molecule has 2 aromatic carbocycles. The zero-order valence-electron chi connectivity index (χ0n) is 26.1. The number of carbonyl (C=O) groups excluding carboxylic acids is 3. The average Bonchev–Trinajstić information content (AvgIpc) is 2.92. The van der Waals surface area contributed by atoms with Gasteiger partial charge in [0, 0.05) is 12.1 Å². The lowest BCUT2D eigenvalue weighted by Gasteiger charge is -2.36. The van der Waals surface area contributed by atoms with Crippen LogP contribution in [0.5, 0.6) is 5.75 Å². The van der Waals surface area contributed by atoms with Gasteiger partial charge in [0.15, 0.2) is 0 Å². The molecule has 3 amide bonds. The first-order chi connectivity index (χ1) is 19.8. The number of carbonyl (C=O) groups is 3. The summed E-state index contributed by atoms with van der Waals surface area (Å²) < 4.78 is 5.48. The van der Waals surface area contributed by atoms with E-state index in [2.05, 4.69) is 17.6 Å². The maximum Gasteiger partial charge on any atom is 0.408 e. The Hall–Kier alpha value is -3.26. The molecule has 0 aliphatic rings. The summed E-state index contributed by atoms with van der Waals surface area (Å²) in [6, 6.07) is 9.66. The summed E-state index contributed by atoms with van der Waals surface area (Å²) in [5, 5.41) is 17.0. The predicted octanol–water partition coefficient (Wildman–Crippen LogP) is 7.77. The molecule has 3 N–H and O–H groups in total. The Morgan fingerprint density at radius 1 is 1.00 bits per heavy atom. The van der Waals surface area contributed by atoms with Crippen LogP contribution >= 0.6 is 11.6 Å². The van der Waals surface area contributed by atoms with E-state index in [1.807, 2.05) is 26.8 Å².